The number of alkyl halides is 2. The first-order chi connectivity index (χ1) is 15.7. The number of hydrogen-bond acceptors (Lipinski definition) is 5. The Bertz CT molecular complexity index is 1230. The lowest BCUT2D eigenvalue weighted by Gasteiger charge is -2.26. The maximum absolute atomic E-state index is 14.1. The second-order valence-electron chi connectivity index (χ2n) is 7.94. The predicted molar refractivity (Wildman–Crippen MR) is 129 cm³/mol. The first-order valence-corrected chi connectivity index (χ1v) is 11.4. The number of nitrogens with one attached hydrogen (secondary N) is 2. The molecular weight excluding hydrogens is 442 g/mol. The fourth-order valence-electron chi connectivity index (χ4n) is 3.87. The van der Waals surface area contributed by atoms with Crippen LogP contribution in [0, 0.1) is 5.41 Å². The molecule has 0 spiro atoms. The van der Waals surface area contributed by atoms with E-state index in [2.05, 4.69) is 11.9 Å². The van der Waals surface area contributed by atoms with E-state index in [-0.39, 0.29) is 17.5 Å². The lowest BCUT2D eigenvalue weighted by molar-refractivity contribution is 0.101. The molecule has 1 aliphatic rings. The van der Waals surface area contributed by atoms with Crippen molar-refractivity contribution < 1.29 is 18.3 Å². The first kappa shape index (κ1) is 22.9. The van der Waals surface area contributed by atoms with Crippen molar-refractivity contribution in [3.05, 3.63) is 82.8 Å². The molecule has 170 valence electrons. The Morgan fingerprint density at radius 3 is 2.55 bits per heavy atom. The number of ether oxygens (including phenoxy) is 1. The maximum Gasteiger partial charge on any atom is 0.307 e. The van der Waals surface area contributed by atoms with Crippen molar-refractivity contribution in [2.45, 2.75) is 31.8 Å². The van der Waals surface area contributed by atoms with E-state index in [0.29, 0.717) is 23.1 Å². The summed E-state index contributed by atoms with van der Waals surface area (Å²) in [4.78, 5) is 12.3. The zero-order valence-corrected chi connectivity index (χ0v) is 19.2. The van der Waals surface area contributed by atoms with Crippen LogP contribution in [-0.4, -0.2) is 24.5 Å². The Kier molecular flexibility index (Phi) is 6.17. The molecular formula is C26H24F2N2O2S. The monoisotopic (exact) mass is 466 g/mol. The van der Waals surface area contributed by atoms with Gasteiger partial charge in [-0.05, 0) is 54.7 Å². The average molecular weight is 467 g/mol. The standard InChI is InChI=1S/C26H24F2N2O2S/c1-4-26(27,28)24(29)20-14-23(33-25(20)30-3)21-12-11-18-9-10-19(13-22(18)32-21)17-7-5-16(6-8-17)15(2)31/h4-10,13-14,21,29-30H,1,11-12H2,2-3H3. The number of rotatable bonds is 7. The van der Waals surface area contributed by atoms with E-state index in [1.807, 2.05) is 30.3 Å². The Labute approximate surface area is 195 Å². The number of fused-ring (bicyclic) bond motifs is 1. The third kappa shape index (κ3) is 4.46. The summed E-state index contributed by atoms with van der Waals surface area (Å²) in [5.74, 6) is -2.63. The molecule has 3 aromatic rings. The van der Waals surface area contributed by atoms with Gasteiger partial charge in [-0.2, -0.15) is 8.78 Å². The quantitative estimate of drug-likeness (QED) is 0.226. The van der Waals surface area contributed by atoms with E-state index >= 15 is 0 Å². The van der Waals surface area contributed by atoms with Gasteiger partial charge in [0.1, 0.15) is 17.6 Å². The minimum Gasteiger partial charge on any atom is -0.485 e. The van der Waals surface area contributed by atoms with Crippen molar-refractivity contribution >= 4 is 27.8 Å². The van der Waals surface area contributed by atoms with Crippen LogP contribution < -0.4 is 10.1 Å². The van der Waals surface area contributed by atoms with Gasteiger partial charge < -0.3 is 10.1 Å². The molecule has 0 radical (unpaired) electrons. The molecule has 0 saturated carbocycles. The average Bonchev–Trinajstić information content (AvgIpc) is 3.27. The summed E-state index contributed by atoms with van der Waals surface area (Å²) in [6, 6.07) is 15.1. The summed E-state index contributed by atoms with van der Waals surface area (Å²) < 4.78 is 34.4. The third-order valence-electron chi connectivity index (χ3n) is 5.79. The van der Waals surface area contributed by atoms with E-state index in [9.17, 15) is 13.6 Å². The van der Waals surface area contributed by atoms with Crippen LogP contribution in [0.1, 0.15) is 45.8 Å². The number of allylic oxidation sites excluding steroid dienone is 1. The van der Waals surface area contributed by atoms with Crippen molar-refractivity contribution in [2.24, 2.45) is 0 Å². The number of Topliss-reactive ketones (excluding diaryl/α,β-unsaturated/α-hetero) is 1. The second-order valence-corrected chi connectivity index (χ2v) is 9.03. The van der Waals surface area contributed by atoms with Gasteiger partial charge in [-0.1, -0.05) is 43.0 Å². The van der Waals surface area contributed by atoms with Crippen LogP contribution in [0.15, 0.2) is 61.2 Å². The molecule has 2 N–H and O–H groups in total. The molecule has 4 nitrogen and oxygen atoms in total. The van der Waals surface area contributed by atoms with Crippen molar-refractivity contribution in [3.63, 3.8) is 0 Å². The van der Waals surface area contributed by atoms with Crippen LogP contribution in [0.5, 0.6) is 5.75 Å². The number of aryl methyl sites for hydroxylation is 1. The van der Waals surface area contributed by atoms with Gasteiger partial charge in [-0.3, -0.25) is 10.2 Å². The summed E-state index contributed by atoms with van der Waals surface area (Å²) in [6.45, 7) is 4.69. The molecule has 0 fully saturated rings. The van der Waals surface area contributed by atoms with Crippen LogP contribution in [0.3, 0.4) is 0 Å². The zero-order chi connectivity index (χ0) is 23.8. The van der Waals surface area contributed by atoms with Gasteiger partial charge in [-0.25, -0.2) is 0 Å². The van der Waals surface area contributed by atoms with Crippen LogP contribution in [0.25, 0.3) is 11.1 Å². The molecule has 2 heterocycles. The van der Waals surface area contributed by atoms with E-state index in [0.717, 1.165) is 33.7 Å². The number of hydrogen-bond donors (Lipinski definition) is 2. The van der Waals surface area contributed by atoms with Gasteiger partial charge in [0.05, 0.1) is 5.00 Å². The van der Waals surface area contributed by atoms with Crippen molar-refractivity contribution in [2.75, 3.05) is 12.4 Å². The number of carbonyl (C=O) groups is 1. The molecule has 1 aliphatic heterocycles. The van der Waals surface area contributed by atoms with Crippen LogP contribution >= 0.6 is 11.3 Å². The minimum absolute atomic E-state index is 0.0216. The van der Waals surface area contributed by atoms with Gasteiger partial charge >= 0.3 is 5.92 Å². The molecule has 0 saturated heterocycles. The van der Waals surface area contributed by atoms with E-state index in [1.165, 1.54) is 18.3 Å². The molecule has 1 atom stereocenters. The summed E-state index contributed by atoms with van der Waals surface area (Å²) in [6.07, 6.45) is 1.72. The number of halogens is 2. The predicted octanol–water partition coefficient (Wildman–Crippen LogP) is 6.91. The van der Waals surface area contributed by atoms with Crippen LogP contribution in [0.2, 0.25) is 0 Å². The molecule has 0 amide bonds. The van der Waals surface area contributed by atoms with E-state index < -0.39 is 11.6 Å². The SMILES string of the molecule is C=CC(F)(F)C(=N)c1cc(C2CCc3ccc(-c4ccc(C(C)=O)cc4)cc3O2)sc1NC. The Morgan fingerprint density at radius 1 is 1.21 bits per heavy atom. The van der Waals surface area contributed by atoms with Gasteiger partial charge in [0.25, 0.3) is 0 Å². The summed E-state index contributed by atoms with van der Waals surface area (Å²) in [5.41, 5.74) is 3.08. The fourth-order valence-corrected chi connectivity index (χ4v) is 4.95. The molecule has 2 aromatic carbocycles. The topological polar surface area (TPSA) is 62.2 Å². The van der Waals surface area contributed by atoms with Gasteiger partial charge in [0.15, 0.2) is 5.78 Å². The molecule has 33 heavy (non-hydrogen) atoms. The van der Waals surface area contributed by atoms with Crippen LogP contribution in [0.4, 0.5) is 13.8 Å². The highest BCUT2D eigenvalue weighted by Crippen LogP contribution is 2.42. The lowest BCUT2D eigenvalue weighted by Crippen LogP contribution is -2.26. The smallest absolute Gasteiger partial charge is 0.307 e. The largest absolute Gasteiger partial charge is 0.485 e. The first-order valence-electron chi connectivity index (χ1n) is 10.6. The Morgan fingerprint density at radius 2 is 1.91 bits per heavy atom. The van der Waals surface area contributed by atoms with Crippen molar-refractivity contribution in [1.29, 1.82) is 5.41 Å². The summed E-state index contributed by atoms with van der Waals surface area (Å²) >= 11 is 1.32. The fraction of sp³-hybridized carbons (Fsp3) is 0.231. The number of benzene rings is 2. The molecule has 1 aromatic heterocycles. The number of anilines is 1. The lowest BCUT2D eigenvalue weighted by atomic mass is 9.96. The zero-order valence-electron chi connectivity index (χ0n) is 18.4. The normalized spacial score (nSPS) is 15.3. The minimum atomic E-state index is -3.41. The van der Waals surface area contributed by atoms with Gasteiger partial charge in [0.2, 0.25) is 0 Å². The number of thiophene rings is 1. The summed E-state index contributed by atoms with van der Waals surface area (Å²) in [5, 5.41) is 11.4. The number of ketones is 1. The molecule has 4 rings (SSSR count). The van der Waals surface area contributed by atoms with E-state index in [4.69, 9.17) is 10.1 Å². The Balaban J connectivity index is 1.61. The van der Waals surface area contributed by atoms with E-state index in [1.54, 1.807) is 25.2 Å². The van der Waals surface area contributed by atoms with Crippen LogP contribution in [-0.2, 0) is 6.42 Å². The van der Waals surface area contributed by atoms with Crippen molar-refractivity contribution in [1.82, 2.24) is 0 Å². The summed E-state index contributed by atoms with van der Waals surface area (Å²) in [7, 11) is 1.65. The maximum atomic E-state index is 14.1. The van der Waals surface area contributed by atoms with Gasteiger partial charge in [-0.15, -0.1) is 11.3 Å². The molecule has 1 unspecified atom stereocenters. The second kappa shape index (κ2) is 8.90. The molecule has 0 bridgehead atoms. The third-order valence-corrected chi connectivity index (χ3v) is 7.04. The highest BCUT2D eigenvalue weighted by Gasteiger charge is 2.35. The Hall–Kier alpha value is -3.32. The number of carbonyl (C=O) groups excluding carboxylic acids is 1. The highest BCUT2D eigenvalue weighted by atomic mass is 32.1. The molecule has 0 aliphatic carbocycles. The molecule has 7 heteroatoms. The van der Waals surface area contributed by atoms with Gasteiger partial charge in [0, 0.05) is 23.1 Å². The van der Waals surface area contributed by atoms with Crippen molar-refractivity contribution in [3.8, 4) is 16.9 Å². The highest BCUT2D eigenvalue weighted by molar-refractivity contribution is 7.16.